The molecule has 63 heavy (non-hydrogen) atoms. The summed E-state index contributed by atoms with van der Waals surface area (Å²) in [6, 6.07) is 65.8. The summed E-state index contributed by atoms with van der Waals surface area (Å²) in [4.78, 5) is 25.5. The monoisotopic (exact) mass is 808 g/mol. The molecule has 0 aliphatic heterocycles. The highest BCUT2D eigenvalue weighted by molar-refractivity contribution is 6.14. The number of hydrogen-bond acceptors (Lipinski definition) is 7. The molecular weight excluding hydrogens is 777 g/mol. The summed E-state index contributed by atoms with van der Waals surface area (Å²) in [5.41, 5.74) is 12.0. The zero-order chi connectivity index (χ0) is 41.4. The smallest absolute Gasteiger partial charge is 0.180 e. The van der Waals surface area contributed by atoms with Gasteiger partial charge < -0.3 is 13.4 Å². The molecule has 13 rings (SSSR count). The highest BCUT2D eigenvalue weighted by Gasteiger charge is 2.22. The number of para-hydroxylation sites is 3. The molecule has 5 heterocycles. The molecule has 0 saturated heterocycles. The predicted octanol–water partition coefficient (Wildman–Crippen LogP) is 13.9. The number of nitrogens with zero attached hydrogens (tertiary/aromatic N) is 6. The standard InChI is InChI=1S/C55H32N6O2/c1-4-15-33(16-5-1)52-58-53(34-17-6-2-7-18-34)60-55(59-52)42-23-14-26-46-48(42)40-30-28-36(32-47(40)62-46)54-56-49(51-50(57-54)41-22-11-13-25-45(41)63-51)35-27-29-39-38-21-10-12-24-43(38)61(44(39)31-35)37-19-8-3-9-20-37/h1-32H. The van der Waals surface area contributed by atoms with Crippen LogP contribution in [0.15, 0.2) is 203 Å². The average Bonchev–Trinajstić information content (AvgIpc) is 4.03. The van der Waals surface area contributed by atoms with Gasteiger partial charge in [-0.2, -0.15) is 0 Å². The Morgan fingerprint density at radius 3 is 1.73 bits per heavy atom. The Bertz CT molecular complexity index is 3850. The minimum absolute atomic E-state index is 0.563. The van der Waals surface area contributed by atoms with E-state index in [0.717, 1.165) is 82.8 Å². The maximum atomic E-state index is 6.65. The molecule has 0 atom stereocenters. The third-order valence-electron chi connectivity index (χ3n) is 11.9. The van der Waals surface area contributed by atoms with Crippen molar-refractivity contribution in [1.29, 1.82) is 0 Å². The van der Waals surface area contributed by atoms with Crippen molar-refractivity contribution in [3.05, 3.63) is 194 Å². The van der Waals surface area contributed by atoms with Gasteiger partial charge in [-0.05, 0) is 54.6 Å². The van der Waals surface area contributed by atoms with Crippen LogP contribution in [0, 0.1) is 0 Å². The number of fused-ring (bicyclic) bond motifs is 9. The van der Waals surface area contributed by atoms with Gasteiger partial charge >= 0.3 is 0 Å². The van der Waals surface area contributed by atoms with Crippen molar-refractivity contribution in [2.75, 3.05) is 0 Å². The lowest BCUT2D eigenvalue weighted by molar-refractivity contribution is 0.667. The van der Waals surface area contributed by atoms with Crippen molar-refractivity contribution in [3.63, 3.8) is 0 Å². The average molecular weight is 809 g/mol. The van der Waals surface area contributed by atoms with Crippen molar-refractivity contribution >= 4 is 65.8 Å². The van der Waals surface area contributed by atoms with Crippen LogP contribution in [0.1, 0.15) is 0 Å². The fourth-order valence-electron chi connectivity index (χ4n) is 8.97. The first-order valence-corrected chi connectivity index (χ1v) is 20.8. The zero-order valence-corrected chi connectivity index (χ0v) is 33.5. The molecule has 8 aromatic carbocycles. The van der Waals surface area contributed by atoms with Crippen LogP contribution in [0.3, 0.4) is 0 Å². The number of furan rings is 2. The third-order valence-corrected chi connectivity index (χ3v) is 11.9. The second-order valence-electron chi connectivity index (χ2n) is 15.6. The van der Waals surface area contributed by atoms with E-state index in [4.69, 9.17) is 33.8 Å². The van der Waals surface area contributed by atoms with E-state index in [1.165, 1.54) is 5.39 Å². The Labute approximate surface area is 359 Å². The molecule has 0 bridgehead atoms. The summed E-state index contributed by atoms with van der Waals surface area (Å²) in [6.07, 6.45) is 0. The fourth-order valence-corrected chi connectivity index (χ4v) is 8.97. The Hall–Kier alpha value is -8.75. The van der Waals surface area contributed by atoms with Crippen LogP contribution in [-0.4, -0.2) is 29.5 Å². The Balaban J connectivity index is 0.992. The van der Waals surface area contributed by atoms with E-state index in [0.29, 0.717) is 40.2 Å². The second-order valence-corrected chi connectivity index (χ2v) is 15.6. The molecule has 0 spiro atoms. The Morgan fingerprint density at radius 1 is 0.349 bits per heavy atom. The number of benzene rings is 8. The first-order chi connectivity index (χ1) is 31.2. The first kappa shape index (κ1) is 35.0. The maximum absolute atomic E-state index is 6.65. The zero-order valence-electron chi connectivity index (χ0n) is 33.5. The number of hydrogen-bond donors (Lipinski definition) is 0. The Kier molecular flexibility index (Phi) is 7.74. The van der Waals surface area contributed by atoms with Crippen molar-refractivity contribution in [3.8, 4) is 62.5 Å². The van der Waals surface area contributed by atoms with Crippen LogP contribution in [0.5, 0.6) is 0 Å². The third kappa shape index (κ3) is 5.66. The summed E-state index contributed by atoms with van der Waals surface area (Å²) in [7, 11) is 0. The van der Waals surface area contributed by atoms with Crippen molar-refractivity contribution in [2.45, 2.75) is 0 Å². The van der Waals surface area contributed by atoms with E-state index in [9.17, 15) is 0 Å². The molecule has 0 unspecified atom stereocenters. The Morgan fingerprint density at radius 2 is 0.952 bits per heavy atom. The van der Waals surface area contributed by atoms with Gasteiger partial charge in [0.1, 0.15) is 28.0 Å². The number of aromatic nitrogens is 6. The minimum atomic E-state index is 0.563. The lowest BCUT2D eigenvalue weighted by Crippen LogP contribution is -2.00. The molecule has 0 amide bonds. The van der Waals surface area contributed by atoms with E-state index < -0.39 is 0 Å². The lowest BCUT2D eigenvalue weighted by atomic mass is 10.0. The van der Waals surface area contributed by atoms with Crippen LogP contribution in [0.4, 0.5) is 0 Å². The molecule has 0 fully saturated rings. The van der Waals surface area contributed by atoms with Gasteiger partial charge in [0.2, 0.25) is 0 Å². The van der Waals surface area contributed by atoms with Crippen molar-refractivity contribution in [1.82, 2.24) is 29.5 Å². The highest BCUT2D eigenvalue weighted by atomic mass is 16.3. The van der Waals surface area contributed by atoms with Gasteiger partial charge in [0.05, 0.1) is 11.0 Å². The molecule has 5 aromatic heterocycles. The molecule has 0 N–H and O–H groups in total. The van der Waals surface area contributed by atoms with E-state index in [2.05, 4.69) is 89.5 Å². The van der Waals surface area contributed by atoms with Gasteiger partial charge in [0, 0.05) is 60.4 Å². The summed E-state index contributed by atoms with van der Waals surface area (Å²) in [5.74, 6) is 2.33. The topological polar surface area (TPSA) is 95.7 Å². The largest absolute Gasteiger partial charge is 0.456 e. The second kappa shape index (κ2) is 13.9. The van der Waals surface area contributed by atoms with Gasteiger partial charge in [-0.3, -0.25) is 0 Å². The van der Waals surface area contributed by atoms with Gasteiger partial charge in [-0.25, -0.2) is 24.9 Å². The molecule has 0 radical (unpaired) electrons. The van der Waals surface area contributed by atoms with E-state index in [-0.39, 0.29) is 0 Å². The maximum Gasteiger partial charge on any atom is 0.180 e. The molecule has 0 aliphatic carbocycles. The van der Waals surface area contributed by atoms with Crippen LogP contribution in [0.25, 0.3) is 128 Å². The van der Waals surface area contributed by atoms with Gasteiger partial charge in [0.25, 0.3) is 0 Å². The van der Waals surface area contributed by atoms with E-state index >= 15 is 0 Å². The predicted molar refractivity (Wildman–Crippen MR) is 251 cm³/mol. The number of rotatable bonds is 6. The van der Waals surface area contributed by atoms with E-state index in [1.54, 1.807) is 0 Å². The molecule has 0 saturated carbocycles. The quantitative estimate of drug-likeness (QED) is 0.165. The van der Waals surface area contributed by atoms with Crippen LogP contribution >= 0.6 is 0 Å². The van der Waals surface area contributed by atoms with Gasteiger partial charge in [-0.1, -0.05) is 140 Å². The minimum Gasteiger partial charge on any atom is -0.456 e. The molecular formula is C55H32N6O2. The summed E-state index contributed by atoms with van der Waals surface area (Å²) in [6.45, 7) is 0. The van der Waals surface area contributed by atoms with Gasteiger partial charge in [0.15, 0.2) is 28.9 Å². The molecule has 8 heteroatoms. The molecule has 8 nitrogen and oxygen atoms in total. The highest BCUT2D eigenvalue weighted by Crippen LogP contribution is 2.41. The SMILES string of the molecule is c1ccc(-c2nc(-c3ccccc3)nc(-c3cccc4oc5cc(-c6nc(-c7ccc8c9ccccc9n(-c9ccccc9)c8c7)c7oc8ccccc8c7n6)ccc5c34)n2)cc1. The summed E-state index contributed by atoms with van der Waals surface area (Å²) >= 11 is 0. The first-order valence-electron chi connectivity index (χ1n) is 20.8. The van der Waals surface area contributed by atoms with Crippen LogP contribution in [-0.2, 0) is 0 Å². The lowest BCUT2D eigenvalue weighted by Gasteiger charge is -2.10. The molecule has 13 aromatic rings. The van der Waals surface area contributed by atoms with E-state index in [1.807, 2.05) is 109 Å². The van der Waals surface area contributed by atoms with Gasteiger partial charge in [-0.15, -0.1) is 0 Å². The normalized spacial score (nSPS) is 11.8. The molecule has 0 aliphatic rings. The van der Waals surface area contributed by atoms with Crippen molar-refractivity contribution in [2.24, 2.45) is 0 Å². The van der Waals surface area contributed by atoms with Crippen LogP contribution < -0.4 is 0 Å². The summed E-state index contributed by atoms with van der Waals surface area (Å²) < 4.78 is 15.6. The van der Waals surface area contributed by atoms with Crippen molar-refractivity contribution < 1.29 is 8.83 Å². The summed E-state index contributed by atoms with van der Waals surface area (Å²) in [5, 5.41) is 5.12. The van der Waals surface area contributed by atoms with Crippen LogP contribution in [0.2, 0.25) is 0 Å². The fraction of sp³-hybridized carbons (Fsp3) is 0. The molecule has 294 valence electrons.